The van der Waals surface area contributed by atoms with Gasteiger partial charge in [0.15, 0.2) is 0 Å². The summed E-state index contributed by atoms with van der Waals surface area (Å²) in [7, 11) is 1.32. The monoisotopic (exact) mass is 477 g/mol. The highest BCUT2D eigenvalue weighted by Gasteiger charge is 2.24. The van der Waals surface area contributed by atoms with Crippen LogP contribution < -0.4 is 21.9 Å². The molecule has 0 aliphatic heterocycles. The van der Waals surface area contributed by atoms with Crippen LogP contribution in [-0.4, -0.2) is 25.9 Å². The second-order valence-electron chi connectivity index (χ2n) is 7.58. The summed E-state index contributed by atoms with van der Waals surface area (Å²) in [5.74, 6) is -1.11. The number of nitrogens with one attached hydrogen (secondary N) is 2. The third kappa shape index (κ3) is 4.89. The summed E-state index contributed by atoms with van der Waals surface area (Å²) in [6, 6.07) is 14.1. The van der Waals surface area contributed by atoms with Gasteiger partial charge >= 0.3 is 5.69 Å². The van der Waals surface area contributed by atoms with Crippen molar-refractivity contribution in [1.29, 1.82) is 0 Å². The Hall–Kier alpha value is -4.24. The number of carbonyl (C=O) groups excluding carboxylic acids is 2. The lowest BCUT2D eigenvalue weighted by atomic mass is 10.1. The number of nitrogens with zero attached hydrogens (tertiary/aromatic N) is 3. The SMILES string of the molecule is Cn1c(=O)ccn(CC(=O)NC(C(=O)Nc2cncc3ccccc23)c2cccc(Cl)c2)c1=O. The highest BCUT2D eigenvalue weighted by Crippen LogP contribution is 2.24. The fourth-order valence-corrected chi connectivity index (χ4v) is 3.70. The molecule has 2 aromatic carbocycles. The number of fused-ring (bicyclic) bond motifs is 1. The van der Waals surface area contributed by atoms with E-state index in [1.807, 2.05) is 24.3 Å². The van der Waals surface area contributed by atoms with E-state index in [0.717, 1.165) is 19.9 Å². The minimum atomic E-state index is -1.10. The fraction of sp³-hybridized carbons (Fsp3) is 0.125. The number of carbonyl (C=O) groups is 2. The number of aromatic nitrogens is 3. The van der Waals surface area contributed by atoms with E-state index in [-0.39, 0.29) is 6.54 Å². The minimum Gasteiger partial charge on any atom is -0.339 e. The molecule has 2 amide bonds. The second kappa shape index (κ2) is 9.72. The lowest BCUT2D eigenvalue weighted by Gasteiger charge is -2.20. The van der Waals surface area contributed by atoms with Crippen LogP contribution in [0.1, 0.15) is 11.6 Å². The van der Waals surface area contributed by atoms with Crippen molar-refractivity contribution >= 4 is 39.9 Å². The molecule has 172 valence electrons. The first-order valence-corrected chi connectivity index (χ1v) is 10.7. The largest absolute Gasteiger partial charge is 0.339 e. The molecule has 0 fully saturated rings. The Morgan fingerprint density at radius 3 is 2.65 bits per heavy atom. The molecule has 0 saturated heterocycles. The molecular weight excluding hydrogens is 458 g/mol. The molecule has 2 heterocycles. The van der Waals surface area contributed by atoms with Crippen LogP contribution in [0.5, 0.6) is 0 Å². The van der Waals surface area contributed by atoms with Gasteiger partial charge in [-0.05, 0) is 17.7 Å². The van der Waals surface area contributed by atoms with Crippen LogP contribution in [0.25, 0.3) is 10.8 Å². The Balaban J connectivity index is 1.62. The maximum Gasteiger partial charge on any atom is 0.331 e. The van der Waals surface area contributed by atoms with Gasteiger partial charge in [-0.1, -0.05) is 48.0 Å². The summed E-state index contributed by atoms with van der Waals surface area (Å²) in [5.41, 5.74) is -0.187. The molecule has 0 radical (unpaired) electrons. The first-order chi connectivity index (χ1) is 16.3. The standard InChI is InChI=1S/C24H20ClN5O4/c1-29-21(32)9-10-30(24(29)34)14-20(31)28-22(15-6-4-7-17(25)11-15)23(33)27-19-13-26-12-16-5-2-3-8-18(16)19/h2-13,22H,14H2,1H3,(H,27,33)(H,28,31). The first kappa shape index (κ1) is 22.9. The zero-order chi connectivity index (χ0) is 24.2. The Morgan fingerprint density at radius 2 is 1.85 bits per heavy atom. The number of amides is 2. The predicted molar refractivity (Wildman–Crippen MR) is 129 cm³/mol. The fourth-order valence-electron chi connectivity index (χ4n) is 3.51. The van der Waals surface area contributed by atoms with Gasteiger partial charge in [0.05, 0.1) is 11.9 Å². The molecule has 4 aromatic rings. The van der Waals surface area contributed by atoms with E-state index in [1.54, 1.807) is 30.5 Å². The summed E-state index contributed by atoms with van der Waals surface area (Å²) in [5, 5.41) is 7.52. The molecule has 1 unspecified atom stereocenters. The van der Waals surface area contributed by atoms with E-state index in [1.165, 1.54) is 25.5 Å². The lowest BCUT2D eigenvalue weighted by molar-refractivity contribution is -0.127. The number of hydrogen-bond acceptors (Lipinski definition) is 5. The third-order valence-electron chi connectivity index (χ3n) is 5.25. The normalized spacial score (nSPS) is 11.7. The average molecular weight is 478 g/mol. The Labute approximate surface area is 198 Å². The van der Waals surface area contributed by atoms with Crippen LogP contribution in [-0.2, 0) is 23.2 Å². The first-order valence-electron chi connectivity index (χ1n) is 10.3. The number of hydrogen-bond donors (Lipinski definition) is 2. The molecule has 2 N–H and O–H groups in total. The number of anilines is 1. The van der Waals surface area contributed by atoms with Gasteiger partial charge in [-0.2, -0.15) is 0 Å². The molecule has 1 atom stereocenters. The van der Waals surface area contributed by atoms with Gasteiger partial charge in [0.1, 0.15) is 12.6 Å². The molecule has 4 rings (SSSR count). The molecule has 0 aliphatic rings. The van der Waals surface area contributed by atoms with Crippen molar-refractivity contribution in [1.82, 2.24) is 19.4 Å². The van der Waals surface area contributed by atoms with Crippen molar-refractivity contribution in [2.24, 2.45) is 7.05 Å². The quantitative estimate of drug-likeness (QED) is 0.442. The van der Waals surface area contributed by atoms with Crippen LogP contribution in [0.4, 0.5) is 5.69 Å². The van der Waals surface area contributed by atoms with Gasteiger partial charge in [0.2, 0.25) is 5.91 Å². The molecule has 0 bridgehead atoms. The zero-order valence-electron chi connectivity index (χ0n) is 18.1. The molecular formula is C24H20ClN5O4. The predicted octanol–water partition coefficient (Wildman–Crippen LogP) is 2.24. The van der Waals surface area contributed by atoms with Crippen molar-refractivity contribution in [3.8, 4) is 0 Å². The number of rotatable bonds is 6. The van der Waals surface area contributed by atoms with Crippen molar-refractivity contribution in [3.05, 3.63) is 105 Å². The maximum absolute atomic E-state index is 13.3. The Kier molecular flexibility index (Phi) is 6.55. The maximum atomic E-state index is 13.3. The van der Waals surface area contributed by atoms with E-state index in [2.05, 4.69) is 15.6 Å². The Morgan fingerprint density at radius 1 is 1.06 bits per heavy atom. The van der Waals surface area contributed by atoms with Gasteiger partial charge in [0.25, 0.3) is 11.5 Å². The summed E-state index contributed by atoms with van der Waals surface area (Å²) in [6.07, 6.45) is 4.45. The molecule has 0 spiro atoms. The van der Waals surface area contributed by atoms with Crippen LogP contribution in [0.2, 0.25) is 5.02 Å². The van der Waals surface area contributed by atoms with Crippen molar-refractivity contribution < 1.29 is 9.59 Å². The minimum absolute atomic E-state index is 0.382. The molecule has 0 aliphatic carbocycles. The van der Waals surface area contributed by atoms with E-state index in [4.69, 9.17) is 11.6 Å². The Bertz CT molecular complexity index is 1510. The van der Waals surface area contributed by atoms with E-state index in [0.29, 0.717) is 16.3 Å². The van der Waals surface area contributed by atoms with Crippen molar-refractivity contribution in [2.45, 2.75) is 12.6 Å². The van der Waals surface area contributed by atoms with E-state index >= 15 is 0 Å². The summed E-state index contributed by atoms with van der Waals surface area (Å²) in [6.45, 7) is -0.382. The van der Waals surface area contributed by atoms with Crippen molar-refractivity contribution in [2.75, 3.05) is 5.32 Å². The van der Waals surface area contributed by atoms with Gasteiger partial charge in [-0.3, -0.25) is 28.5 Å². The van der Waals surface area contributed by atoms with E-state index < -0.39 is 29.1 Å². The third-order valence-corrected chi connectivity index (χ3v) is 5.48. The zero-order valence-corrected chi connectivity index (χ0v) is 18.8. The molecule has 10 heteroatoms. The summed E-state index contributed by atoms with van der Waals surface area (Å²) in [4.78, 5) is 54.2. The molecule has 2 aromatic heterocycles. The van der Waals surface area contributed by atoms with Crippen LogP contribution >= 0.6 is 11.6 Å². The van der Waals surface area contributed by atoms with Crippen LogP contribution in [0.3, 0.4) is 0 Å². The lowest BCUT2D eigenvalue weighted by Crippen LogP contribution is -2.42. The average Bonchev–Trinajstić information content (AvgIpc) is 2.83. The number of pyridine rings is 1. The number of halogens is 1. The molecule has 34 heavy (non-hydrogen) atoms. The smallest absolute Gasteiger partial charge is 0.331 e. The van der Waals surface area contributed by atoms with Gasteiger partial charge < -0.3 is 10.6 Å². The summed E-state index contributed by atoms with van der Waals surface area (Å²) >= 11 is 6.12. The van der Waals surface area contributed by atoms with Crippen molar-refractivity contribution in [3.63, 3.8) is 0 Å². The van der Waals surface area contributed by atoms with Gasteiger partial charge in [-0.15, -0.1) is 0 Å². The van der Waals surface area contributed by atoms with Crippen LogP contribution in [0.15, 0.2) is 82.8 Å². The van der Waals surface area contributed by atoms with Crippen LogP contribution in [0, 0.1) is 0 Å². The molecule has 9 nitrogen and oxygen atoms in total. The van der Waals surface area contributed by atoms with Gasteiger partial charge in [0, 0.05) is 41.3 Å². The number of benzene rings is 2. The highest BCUT2D eigenvalue weighted by atomic mass is 35.5. The van der Waals surface area contributed by atoms with E-state index in [9.17, 15) is 19.2 Å². The molecule has 0 saturated carbocycles. The topological polar surface area (TPSA) is 115 Å². The summed E-state index contributed by atoms with van der Waals surface area (Å²) < 4.78 is 1.97. The highest BCUT2D eigenvalue weighted by molar-refractivity contribution is 6.30. The van der Waals surface area contributed by atoms with Gasteiger partial charge in [-0.25, -0.2) is 4.79 Å². The second-order valence-corrected chi connectivity index (χ2v) is 8.01.